The largest absolute Gasteiger partial charge is 0.357 e. The SMILES string of the molecule is CCNC(=NCC1CN(C)CCN1C)NC1CCN(Cc2ccccc2C)CC1.I. The van der Waals surface area contributed by atoms with E-state index in [4.69, 9.17) is 4.99 Å². The Balaban J connectivity index is 0.00000320. The zero-order valence-corrected chi connectivity index (χ0v) is 21.6. The van der Waals surface area contributed by atoms with Gasteiger partial charge in [-0.3, -0.25) is 14.8 Å². The molecular formula is C23H41IN6. The Labute approximate surface area is 200 Å². The maximum atomic E-state index is 4.93. The van der Waals surface area contributed by atoms with Crippen molar-refractivity contribution in [2.24, 2.45) is 4.99 Å². The van der Waals surface area contributed by atoms with Gasteiger partial charge in [-0.2, -0.15) is 0 Å². The molecule has 7 heteroatoms. The van der Waals surface area contributed by atoms with E-state index >= 15 is 0 Å². The smallest absolute Gasteiger partial charge is 0.191 e. The molecule has 0 bridgehead atoms. The number of aryl methyl sites for hydroxylation is 1. The zero-order chi connectivity index (χ0) is 20.6. The van der Waals surface area contributed by atoms with Crippen LogP contribution in [-0.4, -0.2) is 92.7 Å². The predicted molar refractivity (Wildman–Crippen MR) is 138 cm³/mol. The molecule has 2 heterocycles. The molecule has 1 unspecified atom stereocenters. The van der Waals surface area contributed by atoms with Crippen molar-refractivity contribution in [3.8, 4) is 0 Å². The van der Waals surface area contributed by atoms with Crippen molar-refractivity contribution in [3.05, 3.63) is 35.4 Å². The number of hydrogen-bond donors (Lipinski definition) is 2. The van der Waals surface area contributed by atoms with Crippen molar-refractivity contribution >= 4 is 29.9 Å². The summed E-state index contributed by atoms with van der Waals surface area (Å²) < 4.78 is 0. The van der Waals surface area contributed by atoms with E-state index in [1.807, 2.05) is 0 Å². The van der Waals surface area contributed by atoms with Crippen LogP contribution in [-0.2, 0) is 6.54 Å². The Bertz CT molecular complexity index is 659. The molecule has 1 aromatic rings. The lowest BCUT2D eigenvalue weighted by molar-refractivity contribution is 0.119. The summed E-state index contributed by atoms with van der Waals surface area (Å²) in [6, 6.07) is 9.75. The second-order valence-corrected chi connectivity index (χ2v) is 8.74. The molecule has 0 radical (unpaired) electrons. The van der Waals surface area contributed by atoms with E-state index in [-0.39, 0.29) is 24.0 Å². The summed E-state index contributed by atoms with van der Waals surface area (Å²) in [5.41, 5.74) is 2.85. The molecule has 0 aliphatic carbocycles. The third kappa shape index (κ3) is 7.66. The average molecular weight is 529 g/mol. The van der Waals surface area contributed by atoms with Crippen LogP contribution in [0.4, 0.5) is 0 Å². The summed E-state index contributed by atoms with van der Waals surface area (Å²) in [6.07, 6.45) is 2.34. The van der Waals surface area contributed by atoms with Gasteiger partial charge in [-0.1, -0.05) is 24.3 Å². The minimum atomic E-state index is 0. The number of nitrogens with zero attached hydrogens (tertiary/aromatic N) is 4. The molecule has 3 rings (SSSR count). The standard InChI is InChI=1S/C23H40N6.HI/c1-5-24-23(25-16-22-18-27(3)14-15-28(22)4)26-21-10-12-29(13-11-21)17-20-9-7-6-8-19(20)2;/h6-9,21-22H,5,10-18H2,1-4H3,(H2,24,25,26);1H. The van der Waals surface area contributed by atoms with E-state index < -0.39 is 0 Å². The molecule has 1 aromatic carbocycles. The maximum Gasteiger partial charge on any atom is 0.191 e. The third-order valence-electron chi connectivity index (χ3n) is 6.37. The molecule has 0 amide bonds. The predicted octanol–water partition coefficient (Wildman–Crippen LogP) is 2.38. The number of likely N-dealkylation sites (N-methyl/N-ethyl adjacent to an activating group) is 2. The summed E-state index contributed by atoms with van der Waals surface area (Å²) in [5.74, 6) is 0.978. The zero-order valence-electron chi connectivity index (χ0n) is 19.2. The van der Waals surface area contributed by atoms with Crippen molar-refractivity contribution in [1.82, 2.24) is 25.3 Å². The Kier molecular flexibility index (Phi) is 10.8. The Hall–Kier alpha value is -0.900. The minimum Gasteiger partial charge on any atom is -0.357 e. The Morgan fingerprint density at radius 3 is 2.53 bits per heavy atom. The van der Waals surface area contributed by atoms with Gasteiger partial charge >= 0.3 is 0 Å². The first kappa shape index (κ1) is 25.4. The first-order chi connectivity index (χ1) is 14.0. The highest BCUT2D eigenvalue weighted by molar-refractivity contribution is 14.0. The second kappa shape index (κ2) is 12.8. The molecule has 1 atom stereocenters. The van der Waals surface area contributed by atoms with Gasteiger partial charge in [0, 0.05) is 57.9 Å². The molecule has 2 N–H and O–H groups in total. The van der Waals surface area contributed by atoms with Crippen LogP contribution in [0.5, 0.6) is 0 Å². The van der Waals surface area contributed by atoms with Gasteiger partial charge in [0.1, 0.15) is 0 Å². The number of hydrogen-bond acceptors (Lipinski definition) is 4. The molecule has 2 saturated heterocycles. The minimum absolute atomic E-state index is 0. The molecular weight excluding hydrogens is 487 g/mol. The van der Waals surface area contributed by atoms with Crippen LogP contribution in [0.15, 0.2) is 29.3 Å². The van der Waals surface area contributed by atoms with Crippen molar-refractivity contribution in [3.63, 3.8) is 0 Å². The van der Waals surface area contributed by atoms with Gasteiger partial charge in [-0.05, 0) is 51.9 Å². The van der Waals surface area contributed by atoms with Crippen LogP contribution >= 0.6 is 24.0 Å². The van der Waals surface area contributed by atoms with E-state index in [0.29, 0.717) is 12.1 Å². The van der Waals surface area contributed by atoms with Crippen molar-refractivity contribution in [1.29, 1.82) is 0 Å². The van der Waals surface area contributed by atoms with Crippen LogP contribution in [0.25, 0.3) is 0 Å². The Morgan fingerprint density at radius 2 is 1.83 bits per heavy atom. The van der Waals surface area contributed by atoms with E-state index in [1.165, 1.54) is 24.0 Å². The molecule has 30 heavy (non-hydrogen) atoms. The number of aliphatic imine (C=N–C) groups is 1. The van der Waals surface area contributed by atoms with Crippen LogP contribution in [0.1, 0.15) is 30.9 Å². The molecule has 0 saturated carbocycles. The lowest BCUT2D eigenvalue weighted by Crippen LogP contribution is -2.52. The van der Waals surface area contributed by atoms with Gasteiger partial charge in [-0.25, -0.2) is 0 Å². The summed E-state index contributed by atoms with van der Waals surface area (Å²) in [4.78, 5) is 12.4. The molecule has 6 nitrogen and oxygen atoms in total. The van der Waals surface area contributed by atoms with Crippen molar-refractivity contribution in [2.45, 2.75) is 45.3 Å². The molecule has 0 spiro atoms. The second-order valence-electron chi connectivity index (χ2n) is 8.74. The summed E-state index contributed by atoms with van der Waals surface area (Å²) in [7, 11) is 4.43. The highest BCUT2D eigenvalue weighted by atomic mass is 127. The lowest BCUT2D eigenvalue weighted by Gasteiger charge is -2.37. The fourth-order valence-corrected chi connectivity index (χ4v) is 4.27. The number of nitrogens with one attached hydrogen (secondary N) is 2. The van der Waals surface area contributed by atoms with E-state index in [0.717, 1.165) is 58.3 Å². The van der Waals surface area contributed by atoms with Crippen molar-refractivity contribution < 1.29 is 0 Å². The molecule has 2 fully saturated rings. The van der Waals surface area contributed by atoms with Crippen LogP contribution in [0.3, 0.4) is 0 Å². The van der Waals surface area contributed by atoms with Gasteiger partial charge < -0.3 is 15.5 Å². The van der Waals surface area contributed by atoms with Gasteiger partial charge in [0.15, 0.2) is 5.96 Å². The molecule has 2 aliphatic rings. The number of guanidine groups is 1. The van der Waals surface area contributed by atoms with Gasteiger partial charge in [-0.15, -0.1) is 24.0 Å². The number of halogens is 1. The fraction of sp³-hybridized carbons (Fsp3) is 0.696. The van der Waals surface area contributed by atoms with Gasteiger partial charge in [0.2, 0.25) is 0 Å². The molecule has 2 aliphatic heterocycles. The Morgan fingerprint density at radius 1 is 1.10 bits per heavy atom. The van der Waals surface area contributed by atoms with Gasteiger partial charge in [0.25, 0.3) is 0 Å². The van der Waals surface area contributed by atoms with Gasteiger partial charge in [0.05, 0.1) is 6.54 Å². The van der Waals surface area contributed by atoms with Crippen LogP contribution < -0.4 is 10.6 Å². The lowest BCUT2D eigenvalue weighted by atomic mass is 10.0. The van der Waals surface area contributed by atoms with E-state index in [1.54, 1.807) is 0 Å². The van der Waals surface area contributed by atoms with Crippen LogP contribution in [0, 0.1) is 6.92 Å². The topological polar surface area (TPSA) is 46.1 Å². The summed E-state index contributed by atoms with van der Waals surface area (Å²) >= 11 is 0. The fourth-order valence-electron chi connectivity index (χ4n) is 4.27. The number of piperazine rings is 1. The molecule has 0 aromatic heterocycles. The third-order valence-corrected chi connectivity index (χ3v) is 6.37. The van der Waals surface area contributed by atoms with E-state index in [9.17, 15) is 0 Å². The summed E-state index contributed by atoms with van der Waals surface area (Å²) in [6.45, 7) is 12.8. The van der Waals surface area contributed by atoms with Crippen LogP contribution in [0.2, 0.25) is 0 Å². The van der Waals surface area contributed by atoms with Crippen molar-refractivity contribution in [2.75, 3.05) is 59.9 Å². The first-order valence-corrected chi connectivity index (χ1v) is 11.3. The monoisotopic (exact) mass is 528 g/mol. The first-order valence-electron chi connectivity index (χ1n) is 11.3. The highest BCUT2D eigenvalue weighted by Gasteiger charge is 2.23. The number of piperidine rings is 1. The number of likely N-dealkylation sites (tertiary alicyclic amines) is 1. The molecule has 170 valence electrons. The summed E-state index contributed by atoms with van der Waals surface area (Å²) in [5, 5.41) is 7.15. The number of benzene rings is 1. The highest BCUT2D eigenvalue weighted by Crippen LogP contribution is 2.16. The quantitative estimate of drug-likeness (QED) is 0.338. The average Bonchev–Trinajstić information content (AvgIpc) is 2.72. The normalized spacial score (nSPS) is 22.5. The van der Waals surface area contributed by atoms with E-state index in [2.05, 4.69) is 77.5 Å². The maximum absolute atomic E-state index is 4.93. The number of rotatable bonds is 6.